The predicted octanol–water partition coefficient (Wildman–Crippen LogP) is 2.03. The van der Waals surface area contributed by atoms with Crippen molar-refractivity contribution in [2.75, 3.05) is 13.2 Å². The van der Waals surface area contributed by atoms with Crippen LogP contribution in [0.1, 0.15) is 38.5 Å². The molecule has 1 heterocycles. The molecular formula is C12H17FN2O. The molecule has 0 aromatic rings. The Hall–Kier alpha value is -1.11. The molecule has 1 amide bonds. The second kappa shape index (κ2) is 4.40. The Kier molecular flexibility index (Phi) is 3.13. The molecule has 1 aliphatic carbocycles. The van der Waals surface area contributed by atoms with Crippen LogP contribution < -0.4 is 0 Å². The van der Waals surface area contributed by atoms with Gasteiger partial charge in [0, 0.05) is 6.54 Å². The molecule has 0 aromatic heterocycles. The van der Waals surface area contributed by atoms with Gasteiger partial charge in [-0.25, -0.2) is 4.39 Å². The van der Waals surface area contributed by atoms with Crippen molar-refractivity contribution in [1.29, 1.82) is 5.26 Å². The van der Waals surface area contributed by atoms with Gasteiger partial charge in [0.2, 0.25) is 5.91 Å². The molecule has 0 aromatic carbocycles. The van der Waals surface area contributed by atoms with E-state index in [-0.39, 0.29) is 11.9 Å². The Morgan fingerprint density at radius 2 is 2.12 bits per heavy atom. The minimum absolute atomic E-state index is 0.118. The zero-order chi connectivity index (χ0) is 11.6. The molecule has 88 valence electrons. The van der Waals surface area contributed by atoms with Gasteiger partial charge in [0.25, 0.3) is 0 Å². The van der Waals surface area contributed by atoms with E-state index in [0.717, 1.165) is 25.7 Å². The summed E-state index contributed by atoms with van der Waals surface area (Å²) in [4.78, 5) is 13.9. The number of hydrogen-bond donors (Lipinski definition) is 0. The topological polar surface area (TPSA) is 44.1 Å². The third kappa shape index (κ3) is 1.68. The van der Waals surface area contributed by atoms with Crippen molar-refractivity contribution in [2.24, 2.45) is 5.41 Å². The molecule has 1 aliphatic heterocycles. The zero-order valence-electron chi connectivity index (χ0n) is 9.41. The van der Waals surface area contributed by atoms with E-state index >= 15 is 0 Å². The van der Waals surface area contributed by atoms with Crippen molar-refractivity contribution in [2.45, 2.75) is 44.6 Å². The second-order valence-electron chi connectivity index (χ2n) is 4.85. The maximum atomic E-state index is 12.7. The van der Waals surface area contributed by atoms with E-state index in [9.17, 15) is 14.4 Å². The number of rotatable bonds is 2. The van der Waals surface area contributed by atoms with Crippen LogP contribution in [0.3, 0.4) is 0 Å². The highest BCUT2D eigenvalue weighted by atomic mass is 19.1. The van der Waals surface area contributed by atoms with Crippen molar-refractivity contribution >= 4 is 5.91 Å². The highest BCUT2D eigenvalue weighted by molar-refractivity contribution is 5.86. The van der Waals surface area contributed by atoms with E-state index < -0.39 is 12.1 Å². The van der Waals surface area contributed by atoms with Crippen molar-refractivity contribution in [1.82, 2.24) is 4.90 Å². The first-order valence-corrected chi connectivity index (χ1v) is 6.02. The number of likely N-dealkylation sites (tertiary alicyclic amines) is 1. The van der Waals surface area contributed by atoms with E-state index in [0.29, 0.717) is 19.4 Å². The third-order valence-electron chi connectivity index (χ3n) is 3.90. The number of hydrogen-bond acceptors (Lipinski definition) is 2. The molecule has 1 atom stereocenters. The molecule has 16 heavy (non-hydrogen) atoms. The van der Waals surface area contributed by atoms with Gasteiger partial charge in [-0.05, 0) is 25.7 Å². The van der Waals surface area contributed by atoms with Crippen LogP contribution >= 0.6 is 0 Å². The number of carbonyl (C=O) groups is 1. The summed E-state index contributed by atoms with van der Waals surface area (Å²) in [5.41, 5.74) is -0.836. The highest BCUT2D eigenvalue weighted by Gasteiger charge is 2.46. The van der Waals surface area contributed by atoms with Gasteiger partial charge in [-0.1, -0.05) is 12.8 Å². The van der Waals surface area contributed by atoms with Gasteiger partial charge in [-0.15, -0.1) is 0 Å². The van der Waals surface area contributed by atoms with Crippen molar-refractivity contribution in [3.8, 4) is 6.07 Å². The predicted molar refractivity (Wildman–Crippen MR) is 57.2 cm³/mol. The molecule has 1 unspecified atom stereocenters. The second-order valence-corrected chi connectivity index (χ2v) is 4.85. The Labute approximate surface area is 95.2 Å². The molecule has 3 nitrogen and oxygen atoms in total. The molecule has 1 saturated heterocycles. The van der Waals surface area contributed by atoms with E-state index in [2.05, 4.69) is 6.07 Å². The fourth-order valence-electron chi connectivity index (χ4n) is 2.89. The van der Waals surface area contributed by atoms with Crippen molar-refractivity contribution < 1.29 is 9.18 Å². The van der Waals surface area contributed by atoms with E-state index in [1.165, 1.54) is 0 Å². The molecule has 4 heteroatoms. The summed E-state index contributed by atoms with van der Waals surface area (Å²) in [6, 6.07) is 1.91. The standard InChI is InChI=1S/C12H17FN2O/c13-8-10-4-3-7-15(10)11(16)12(9-14)5-1-2-6-12/h10H,1-8H2. The summed E-state index contributed by atoms with van der Waals surface area (Å²) in [7, 11) is 0. The molecule has 0 spiro atoms. The first-order chi connectivity index (χ1) is 7.73. The Morgan fingerprint density at radius 3 is 2.69 bits per heavy atom. The molecular weight excluding hydrogens is 207 g/mol. The maximum Gasteiger partial charge on any atom is 0.243 e. The van der Waals surface area contributed by atoms with Gasteiger partial charge >= 0.3 is 0 Å². The Balaban J connectivity index is 2.14. The largest absolute Gasteiger partial charge is 0.336 e. The van der Waals surface area contributed by atoms with Crippen LogP contribution in [0.4, 0.5) is 4.39 Å². The summed E-state index contributed by atoms with van der Waals surface area (Å²) in [6.45, 7) is 0.143. The number of nitrogens with zero attached hydrogens (tertiary/aromatic N) is 2. The van der Waals surface area contributed by atoms with Gasteiger partial charge in [0.15, 0.2) is 0 Å². The minimum atomic E-state index is -0.836. The quantitative estimate of drug-likeness (QED) is 0.720. The normalized spacial score (nSPS) is 28.0. The van der Waals surface area contributed by atoms with Gasteiger partial charge in [0.05, 0.1) is 12.1 Å². The zero-order valence-corrected chi connectivity index (χ0v) is 9.41. The van der Waals surface area contributed by atoms with E-state index in [4.69, 9.17) is 0 Å². The molecule has 0 bridgehead atoms. The van der Waals surface area contributed by atoms with Crippen LogP contribution in [-0.2, 0) is 4.79 Å². The van der Waals surface area contributed by atoms with Crippen molar-refractivity contribution in [3.05, 3.63) is 0 Å². The van der Waals surface area contributed by atoms with Crippen LogP contribution in [0, 0.1) is 16.7 Å². The molecule has 1 saturated carbocycles. The summed E-state index contributed by atoms with van der Waals surface area (Å²) >= 11 is 0. The number of alkyl halides is 1. The Morgan fingerprint density at radius 1 is 1.44 bits per heavy atom. The number of amides is 1. The number of carbonyl (C=O) groups excluding carboxylic acids is 1. The lowest BCUT2D eigenvalue weighted by Crippen LogP contribution is -2.45. The lowest BCUT2D eigenvalue weighted by Gasteiger charge is -2.29. The first kappa shape index (κ1) is 11.4. The highest BCUT2D eigenvalue weighted by Crippen LogP contribution is 2.40. The molecule has 2 aliphatic rings. The average molecular weight is 224 g/mol. The Bertz CT molecular complexity index is 317. The smallest absolute Gasteiger partial charge is 0.243 e. The molecule has 2 fully saturated rings. The maximum absolute atomic E-state index is 12.7. The van der Waals surface area contributed by atoms with E-state index in [1.807, 2.05) is 0 Å². The lowest BCUT2D eigenvalue weighted by molar-refractivity contribution is -0.140. The van der Waals surface area contributed by atoms with Crippen LogP contribution in [0.25, 0.3) is 0 Å². The fourth-order valence-corrected chi connectivity index (χ4v) is 2.89. The monoisotopic (exact) mass is 224 g/mol. The van der Waals surface area contributed by atoms with E-state index in [1.54, 1.807) is 4.90 Å². The van der Waals surface area contributed by atoms with Gasteiger partial charge in [-0.3, -0.25) is 4.79 Å². The van der Waals surface area contributed by atoms with Crippen LogP contribution in [-0.4, -0.2) is 30.1 Å². The molecule has 0 radical (unpaired) electrons. The van der Waals surface area contributed by atoms with Crippen LogP contribution in [0.5, 0.6) is 0 Å². The summed E-state index contributed by atoms with van der Waals surface area (Å²) in [6.07, 6.45) is 4.78. The molecule has 0 N–H and O–H groups in total. The summed E-state index contributed by atoms with van der Waals surface area (Å²) in [5.74, 6) is -0.118. The molecule has 2 rings (SSSR count). The van der Waals surface area contributed by atoms with Gasteiger partial charge < -0.3 is 4.90 Å². The summed E-state index contributed by atoms with van der Waals surface area (Å²) < 4.78 is 12.7. The van der Waals surface area contributed by atoms with Gasteiger partial charge in [-0.2, -0.15) is 5.26 Å². The number of halogens is 1. The first-order valence-electron chi connectivity index (χ1n) is 6.02. The third-order valence-corrected chi connectivity index (χ3v) is 3.90. The van der Waals surface area contributed by atoms with Crippen LogP contribution in [0.2, 0.25) is 0 Å². The fraction of sp³-hybridized carbons (Fsp3) is 0.833. The van der Waals surface area contributed by atoms with Crippen molar-refractivity contribution in [3.63, 3.8) is 0 Å². The SMILES string of the molecule is N#CC1(C(=O)N2CCCC2CF)CCCC1. The minimum Gasteiger partial charge on any atom is -0.336 e. The van der Waals surface area contributed by atoms with Crippen LogP contribution in [0.15, 0.2) is 0 Å². The van der Waals surface area contributed by atoms with Gasteiger partial charge in [0.1, 0.15) is 12.1 Å². The summed E-state index contributed by atoms with van der Waals surface area (Å²) in [5, 5.41) is 9.22. The average Bonchev–Trinajstić information content (AvgIpc) is 2.97. The number of nitriles is 1. The lowest BCUT2D eigenvalue weighted by atomic mass is 9.86.